The fraction of sp³-hybridized carbons (Fsp3) is 0.211. The van der Waals surface area contributed by atoms with Gasteiger partial charge in [0.25, 0.3) is 0 Å². The van der Waals surface area contributed by atoms with Crippen molar-refractivity contribution in [3.8, 4) is 11.5 Å². The monoisotopic (exact) mass is 310 g/mol. The zero-order valence-electron chi connectivity index (χ0n) is 13.3. The standard InChI is InChI=1S/C19H18O4/c1-12(2)13-4-7-15(8-5-13)22-16-9-6-14-10-18(19(20)21-3)23-17(14)11-16/h4-12H,1-3H3. The maximum absolute atomic E-state index is 11.5. The number of hydrogen-bond acceptors (Lipinski definition) is 4. The minimum absolute atomic E-state index is 0.181. The van der Waals surface area contributed by atoms with E-state index in [-0.39, 0.29) is 5.76 Å². The van der Waals surface area contributed by atoms with Crippen molar-refractivity contribution in [2.75, 3.05) is 7.11 Å². The summed E-state index contributed by atoms with van der Waals surface area (Å²) < 4.78 is 16.0. The van der Waals surface area contributed by atoms with E-state index in [1.807, 2.05) is 24.3 Å². The van der Waals surface area contributed by atoms with E-state index >= 15 is 0 Å². The Labute approximate surface area is 134 Å². The van der Waals surface area contributed by atoms with Gasteiger partial charge in [0.2, 0.25) is 5.76 Å². The van der Waals surface area contributed by atoms with E-state index < -0.39 is 5.97 Å². The Hall–Kier alpha value is -2.75. The number of carbonyl (C=O) groups is 1. The maximum atomic E-state index is 11.5. The van der Waals surface area contributed by atoms with E-state index in [9.17, 15) is 4.79 Å². The minimum atomic E-state index is -0.493. The van der Waals surface area contributed by atoms with Crippen LogP contribution in [0.5, 0.6) is 11.5 Å². The van der Waals surface area contributed by atoms with Gasteiger partial charge in [-0.3, -0.25) is 0 Å². The van der Waals surface area contributed by atoms with Crippen molar-refractivity contribution in [2.45, 2.75) is 19.8 Å². The fourth-order valence-corrected chi connectivity index (χ4v) is 2.33. The molecule has 3 aromatic rings. The largest absolute Gasteiger partial charge is 0.463 e. The molecule has 2 aromatic carbocycles. The molecule has 0 saturated heterocycles. The van der Waals surface area contributed by atoms with Crippen LogP contribution in [0, 0.1) is 0 Å². The molecule has 0 fully saturated rings. The van der Waals surface area contributed by atoms with Gasteiger partial charge < -0.3 is 13.9 Å². The van der Waals surface area contributed by atoms with Crippen LogP contribution in [-0.2, 0) is 4.74 Å². The zero-order chi connectivity index (χ0) is 16.4. The summed E-state index contributed by atoms with van der Waals surface area (Å²) in [5.74, 6) is 1.59. The van der Waals surface area contributed by atoms with Crippen LogP contribution in [0.3, 0.4) is 0 Å². The molecule has 4 heteroatoms. The summed E-state index contributed by atoms with van der Waals surface area (Å²) in [6.07, 6.45) is 0. The topological polar surface area (TPSA) is 48.7 Å². The number of furan rings is 1. The van der Waals surface area contributed by atoms with Gasteiger partial charge in [0, 0.05) is 11.5 Å². The average Bonchev–Trinajstić information content (AvgIpc) is 2.98. The molecular formula is C19H18O4. The molecule has 0 unspecified atom stereocenters. The highest BCUT2D eigenvalue weighted by Gasteiger charge is 2.13. The second-order valence-corrected chi connectivity index (χ2v) is 5.63. The van der Waals surface area contributed by atoms with Crippen molar-refractivity contribution >= 4 is 16.9 Å². The van der Waals surface area contributed by atoms with Crippen LogP contribution in [-0.4, -0.2) is 13.1 Å². The molecule has 0 N–H and O–H groups in total. The molecule has 1 heterocycles. The van der Waals surface area contributed by atoms with Gasteiger partial charge in [-0.2, -0.15) is 0 Å². The first-order valence-electron chi connectivity index (χ1n) is 7.46. The van der Waals surface area contributed by atoms with E-state index in [2.05, 4.69) is 30.7 Å². The van der Waals surface area contributed by atoms with Crippen LogP contribution in [0.25, 0.3) is 11.0 Å². The molecule has 118 valence electrons. The molecule has 0 aliphatic rings. The van der Waals surface area contributed by atoms with Crippen LogP contribution in [0.15, 0.2) is 52.9 Å². The van der Waals surface area contributed by atoms with Gasteiger partial charge in [-0.15, -0.1) is 0 Å². The smallest absolute Gasteiger partial charge is 0.373 e. The number of ether oxygens (including phenoxy) is 2. The fourth-order valence-electron chi connectivity index (χ4n) is 2.33. The normalized spacial score (nSPS) is 11.0. The van der Waals surface area contributed by atoms with Gasteiger partial charge in [-0.05, 0) is 41.8 Å². The Balaban J connectivity index is 1.84. The Bertz CT molecular complexity index is 828. The summed E-state index contributed by atoms with van der Waals surface area (Å²) in [4.78, 5) is 11.5. The van der Waals surface area contributed by atoms with Crippen molar-refractivity contribution in [3.05, 3.63) is 59.9 Å². The highest BCUT2D eigenvalue weighted by atomic mass is 16.5. The van der Waals surface area contributed by atoms with Gasteiger partial charge in [0.15, 0.2) is 0 Å². The summed E-state index contributed by atoms with van der Waals surface area (Å²) >= 11 is 0. The highest BCUT2D eigenvalue weighted by Crippen LogP contribution is 2.28. The van der Waals surface area contributed by atoms with Crippen molar-refractivity contribution in [1.82, 2.24) is 0 Å². The van der Waals surface area contributed by atoms with Crippen molar-refractivity contribution < 1.29 is 18.7 Å². The quantitative estimate of drug-likeness (QED) is 0.626. The summed E-state index contributed by atoms with van der Waals surface area (Å²) in [6, 6.07) is 15.1. The number of benzene rings is 2. The van der Waals surface area contributed by atoms with Crippen LogP contribution in [0.1, 0.15) is 35.9 Å². The molecule has 0 atom stereocenters. The third kappa shape index (κ3) is 3.21. The average molecular weight is 310 g/mol. The number of esters is 1. The highest BCUT2D eigenvalue weighted by molar-refractivity contribution is 5.92. The predicted octanol–water partition coefficient (Wildman–Crippen LogP) is 5.14. The molecule has 0 saturated carbocycles. The Morgan fingerprint density at radius 3 is 2.35 bits per heavy atom. The van der Waals surface area contributed by atoms with E-state index in [0.717, 1.165) is 11.1 Å². The lowest BCUT2D eigenvalue weighted by Gasteiger charge is -2.08. The van der Waals surface area contributed by atoms with Gasteiger partial charge in [-0.1, -0.05) is 26.0 Å². The van der Waals surface area contributed by atoms with E-state index in [4.69, 9.17) is 9.15 Å². The summed E-state index contributed by atoms with van der Waals surface area (Å²) in [6.45, 7) is 4.30. The van der Waals surface area contributed by atoms with Crippen LogP contribution in [0.2, 0.25) is 0 Å². The van der Waals surface area contributed by atoms with Gasteiger partial charge in [-0.25, -0.2) is 4.79 Å². The lowest BCUT2D eigenvalue weighted by molar-refractivity contribution is 0.0567. The molecule has 0 aliphatic carbocycles. The number of methoxy groups -OCH3 is 1. The molecular weight excluding hydrogens is 292 g/mol. The summed E-state index contributed by atoms with van der Waals surface area (Å²) in [7, 11) is 1.32. The second kappa shape index (κ2) is 6.16. The number of carbonyl (C=O) groups excluding carboxylic acids is 1. The molecule has 0 bridgehead atoms. The molecule has 4 nitrogen and oxygen atoms in total. The molecule has 23 heavy (non-hydrogen) atoms. The lowest BCUT2D eigenvalue weighted by Crippen LogP contribution is -1.97. The van der Waals surface area contributed by atoms with Crippen molar-refractivity contribution in [3.63, 3.8) is 0 Å². The van der Waals surface area contributed by atoms with E-state index in [1.165, 1.54) is 12.7 Å². The molecule has 0 radical (unpaired) electrons. The minimum Gasteiger partial charge on any atom is -0.463 e. The second-order valence-electron chi connectivity index (χ2n) is 5.63. The summed E-state index contributed by atoms with van der Waals surface area (Å²) in [5.41, 5.74) is 1.85. The Morgan fingerprint density at radius 2 is 1.70 bits per heavy atom. The predicted molar refractivity (Wildman–Crippen MR) is 88.2 cm³/mol. The first-order valence-corrected chi connectivity index (χ1v) is 7.46. The van der Waals surface area contributed by atoms with Crippen molar-refractivity contribution in [1.29, 1.82) is 0 Å². The third-order valence-electron chi connectivity index (χ3n) is 3.66. The Morgan fingerprint density at radius 1 is 1.00 bits per heavy atom. The molecule has 1 aromatic heterocycles. The SMILES string of the molecule is COC(=O)c1cc2ccc(Oc3ccc(C(C)C)cc3)cc2o1. The van der Waals surface area contributed by atoms with Gasteiger partial charge >= 0.3 is 5.97 Å². The van der Waals surface area contributed by atoms with E-state index in [1.54, 1.807) is 12.1 Å². The first kappa shape index (κ1) is 15.2. The van der Waals surface area contributed by atoms with E-state index in [0.29, 0.717) is 17.3 Å². The Kier molecular flexibility index (Phi) is 4.06. The van der Waals surface area contributed by atoms with Crippen molar-refractivity contribution in [2.24, 2.45) is 0 Å². The molecule has 0 aliphatic heterocycles. The van der Waals surface area contributed by atoms with Crippen LogP contribution in [0.4, 0.5) is 0 Å². The first-order chi connectivity index (χ1) is 11.1. The number of hydrogen-bond donors (Lipinski definition) is 0. The van der Waals surface area contributed by atoms with Gasteiger partial charge in [0.1, 0.15) is 17.1 Å². The zero-order valence-corrected chi connectivity index (χ0v) is 13.3. The molecule has 0 spiro atoms. The maximum Gasteiger partial charge on any atom is 0.373 e. The number of rotatable bonds is 4. The van der Waals surface area contributed by atoms with Crippen LogP contribution >= 0.6 is 0 Å². The van der Waals surface area contributed by atoms with Gasteiger partial charge in [0.05, 0.1) is 7.11 Å². The molecule has 0 amide bonds. The molecule has 3 rings (SSSR count). The summed E-state index contributed by atoms with van der Waals surface area (Å²) in [5, 5.41) is 0.827. The number of fused-ring (bicyclic) bond motifs is 1. The van der Waals surface area contributed by atoms with Crippen LogP contribution < -0.4 is 4.74 Å². The lowest BCUT2D eigenvalue weighted by atomic mass is 10.0. The third-order valence-corrected chi connectivity index (χ3v) is 3.66.